The Morgan fingerprint density at radius 2 is 1.50 bits per heavy atom. The topological polar surface area (TPSA) is 26.3 Å². The summed E-state index contributed by atoms with van der Waals surface area (Å²) in [5, 5.41) is 0. The maximum absolute atomic E-state index is 11.6. The molecule has 0 amide bonds. The summed E-state index contributed by atoms with van der Waals surface area (Å²) in [6, 6.07) is 19.0. The smallest absolute Gasteiger partial charge is 0.231 e. The molecule has 0 saturated heterocycles. The zero-order valence-corrected chi connectivity index (χ0v) is 12.4. The van der Waals surface area contributed by atoms with Gasteiger partial charge in [0.15, 0.2) is 0 Å². The second-order valence-electron chi connectivity index (χ2n) is 4.63. The third-order valence-electron chi connectivity index (χ3n) is 2.78. The molecule has 0 aliphatic carbocycles. The van der Waals surface area contributed by atoms with Gasteiger partial charge in [-0.3, -0.25) is 4.79 Å². The first kappa shape index (κ1) is 15.6. The van der Waals surface area contributed by atoms with Crippen molar-refractivity contribution in [2.45, 2.75) is 13.0 Å². The average molecular weight is 288 g/mol. The van der Waals surface area contributed by atoms with Gasteiger partial charge in [0.25, 0.3) is 0 Å². The number of carbonyl (C=O) groups excluding carboxylic acids is 1. The molecule has 22 heavy (non-hydrogen) atoms. The predicted molar refractivity (Wildman–Crippen MR) is 87.1 cm³/mol. The van der Waals surface area contributed by atoms with Crippen LogP contribution in [-0.2, 0) is 9.53 Å². The van der Waals surface area contributed by atoms with Crippen LogP contribution < -0.4 is 0 Å². The van der Waals surface area contributed by atoms with Gasteiger partial charge in [0.1, 0.15) is 12.7 Å². The first-order valence-corrected chi connectivity index (χ1v) is 7.02. The highest BCUT2D eigenvalue weighted by Crippen LogP contribution is 1.97. The molecule has 0 bridgehead atoms. The Bertz CT molecular complexity index is 725. The van der Waals surface area contributed by atoms with E-state index in [1.807, 2.05) is 67.6 Å². The van der Waals surface area contributed by atoms with E-state index in [4.69, 9.17) is 4.74 Å². The fourth-order valence-corrected chi connectivity index (χ4v) is 1.65. The quantitative estimate of drug-likeness (QED) is 0.811. The zero-order valence-electron chi connectivity index (χ0n) is 12.4. The highest BCUT2D eigenvalue weighted by molar-refractivity contribution is 5.97. The summed E-state index contributed by atoms with van der Waals surface area (Å²) in [4.78, 5) is 11.6. The van der Waals surface area contributed by atoms with Gasteiger partial charge in [0, 0.05) is 11.1 Å². The van der Waals surface area contributed by atoms with E-state index < -0.39 is 0 Å². The molecule has 0 N–H and O–H groups in total. The molecule has 0 heterocycles. The van der Waals surface area contributed by atoms with Gasteiger partial charge >= 0.3 is 0 Å². The Kier molecular flexibility index (Phi) is 6.00. The molecule has 2 aromatic carbocycles. The van der Waals surface area contributed by atoms with Crippen molar-refractivity contribution in [1.82, 2.24) is 0 Å². The van der Waals surface area contributed by atoms with Gasteiger partial charge in [-0.1, -0.05) is 54.2 Å². The van der Waals surface area contributed by atoms with Crippen LogP contribution in [0.3, 0.4) is 0 Å². The zero-order chi connectivity index (χ0) is 15.6. The van der Waals surface area contributed by atoms with Crippen molar-refractivity contribution >= 4 is 5.78 Å². The van der Waals surface area contributed by atoms with Crippen molar-refractivity contribution in [2.24, 2.45) is 0 Å². The Morgan fingerprint density at radius 3 is 2.09 bits per heavy atom. The highest BCUT2D eigenvalue weighted by Gasteiger charge is 2.01. The summed E-state index contributed by atoms with van der Waals surface area (Å²) >= 11 is 0. The Labute approximate surface area is 131 Å². The lowest BCUT2D eigenvalue weighted by molar-refractivity contribution is -0.118. The van der Waals surface area contributed by atoms with Crippen LogP contribution in [-0.4, -0.2) is 18.5 Å². The molecule has 108 valence electrons. The van der Waals surface area contributed by atoms with E-state index in [1.165, 1.54) is 0 Å². The van der Waals surface area contributed by atoms with Crippen molar-refractivity contribution in [3.8, 4) is 23.7 Å². The molecule has 2 heteroatoms. The van der Waals surface area contributed by atoms with E-state index in [-0.39, 0.29) is 18.5 Å². The molecule has 1 atom stereocenters. The number of Topliss-reactive ketones (excluding diaryl/α,β-unsaturated/α-hetero) is 1. The molecule has 0 aromatic heterocycles. The Morgan fingerprint density at radius 1 is 0.955 bits per heavy atom. The van der Waals surface area contributed by atoms with E-state index in [9.17, 15) is 4.79 Å². The summed E-state index contributed by atoms with van der Waals surface area (Å²) in [7, 11) is 0. The standard InChI is InChI=1S/C20H16O2/c1-17(12-13-18-8-4-2-5-9-18)22-16-20(21)15-14-19-10-6-3-7-11-19/h2-11,17H,16H2,1H3. The molecule has 0 saturated carbocycles. The number of rotatable bonds is 3. The molecule has 0 fully saturated rings. The van der Waals surface area contributed by atoms with Gasteiger partial charge in [0.2, 0.25) is 5.78 Å². The monoisotopic (exact) mass is 288 g/mol. The van der Waals surface area contributed by atoms with E-state index in [0.717, 1.165) is 11.1 Å². The summed E-state index contributed by atoms with van der Waals surface area (Å²) in [6.45, 7) is 1.76. The number of hydrogen-bond acceptors (Lipinski definition) is 2. The minimum Gasteiger partial charge on any atom is -0.357 e. The summed E-state index contributed by atoms with van der Waals surface area (Å²) in [5.41, 5.74) is 1.74. The van der Waals surface area contributed by atoms with E-state index >= 15 is 0 Å². The molecule has 2 nitrogen and oxygen atoms in total. The van der Waals surface area contributed by atoms with Crippen LogP contribution in [0.5, 0.6) is 0 Å². The molecule has 2 rings (SSSR count). The Balaban J connectivity index is 1.82. The maximum Gasteiger partial charge on any atom is 0.231 e. The van der Waals surface area contributed by atoms with Gasteiger partial charge in [-0.15, -0.1) is 0 Å². The number of benzene rings is 2. The van der Waals surface area contributed by atoms with E-state index in [2.05, 4.69) is 23.7 Å². The SMILES string of the molecule is CC(C#Cc1ccccc1)OCC(=O)C#Cc1ccccc1. The maximum atomic E-state index is 11.6. The van der Waals surface area contributed by atoms with Crippen LogP contribution in [0.25, 0.3) is 0 Å². The van der Waals surface area contributed by atoms with Gasteiger partial charge in [0.05, 0.1) is 0 Å². The van der Waals surface area contributed by atoms with Gasteiger partial charge in [-0.25, -0.2) is 0 Å². The fraction of sp³-hybridized carbons (Fsp3) is 0.150. The second-order valence-corrected chi connectivity index (χ2v) is 4.63. The summed E-state index contributed by atoms with van der Waals surface area (Å²) in [5.74, 6) is 11.1. The molecule has 0 aliphatic rings. The molecule has 0 spiro atoms. The normalized spacial score (nSPS) is 10.6. The van der Waals surface area contributed by atoms with Crippen molar-refractivity contribution < 1.29 is 9.53 Å². The average Bonchev–Trinajstić information content (AvgIpc) is 2.58. The van der Waals surface area contributed by atoms with Crippen LogP contribution >= 0.6 is 0 Å². The molecular weight excluding hydrogens is 272 g/mol. The number of ketones is 1. The van der Waals surface area contributed by atoms with Gasteiger partial charge in [-0.2, -0.15) is 0 Å². The molecule has 1 unspecified atom stereocenters. The largest absolute Gasteiger partial charge is 0.357 e. The molecule has 2 aromatic rings. The summed E-state index contributed by atoms with van der Waals surface area (Å²) in [6.07, 6.45) is -0.317. The third-order valence-corrected chi connectivity index (χ3v) is 2.78. The minimum absolute atomic E-state index is 0.0511. The number of ether oxygens (including phenoxy) is 1. The lowest BCUT2D eigenvalue weighted by Crippen LogP contribution is -2.13. The van der Waals surface area contributed by atoms with E-state index in [0.29, 0.717) is 0 Å². The van der Waals surface area contributed by atoms with Crippen molar-refractivity contribution in [2.75, 3.05) is 6.61 Å². The van der Waals surface area contributed by atoms with Gasteiger partial charge in [-0.05, 0) is 37.1 Å². The lowest BCUT2D eigenvalue weighted by atomic mass is 10.2. The highest BCUT2D eigenvalue weighted by atomic mass is 16.5. The predicted octanol–water partition coefficient (Wildman–Crippen LogP) is 3.06. The first-order valence-electron chi connectivity index (χ1n) is 7.02. The lowest BCUT2D eigenvalue weighted by Gasteiger charge is -2.02. The number of hydrogen-bond donors (Lipinski definition) is 0. The van der Waals surface area contributed by atoms with Crippen LogP contribution in [0.4, 0.5) is 0 Å². The molecule has 0 aliphatic heterocycles. The fourth-order valence-electron chi connectivity index (χ4n) is 1.65. The van der Waals surface area contributed by atoms with Crippen molar-refractivity contribution in [1.29, 1.82) is 0 Å². The summed E-state index contributed by atoms with van der Waals surface area (Å²) < 4.78 is 5.39. The minimum atomic E-state index is -0.317. The van der Waals surface area contributed by atoms with Crippen LogP contribution in [0.2, 0.25) is 0 Å². The Hall–Kier alpha value is -2.81. The third kappa shape index (κ3) is 5.67. The van der Waals surface area contributed by atoms with Gasteiger partial charge < -0.3 is 4.74 Å². The van der Waals surface area contributed by atoms with Crippen LogP contribution in [0.15, 0.2) is 60.7 Å². The van der Waals surface area contributed by atoms with Crippen LogP contribution in [0, 0.1) is 23.7 Å². The van der Waals surface area contributed by atoms with Crippen molar-refractivity contribution in [3.63, 3.8) is 0 Å². The second kappa shape index (κ2) is 8.47. The number of carbonyl (C=O) groups is 1. The van der Waals surface area contributed by atoms with E-state index in [1.54, 1.807) is 0 Å². The molecule has 0 radical (unpaired) electrons. The molecular formula is C20H16O2. The first-order chi connectivity index (χ1) is 10.7. The van der Waals surface area contributed by atoms with Crippen LogP contribution in [0.1, 0.15) is 18.1 Å². The van der Waals surface area contributed by atoms with Crippen molar-refractivity contribution in [3.05, 3.63) is 71.8 Å².